The maximum atomic E-state index is 13.0. The SMILES string of the molecule is O=C(O)C1=CCCCC1S(=O)(=O)Nc1ccc(F)cc1Br. The molecule has 0 amide bonds. The van der Waals surface area contributed by atoms with E-state index in [0.717, 1.165) is 12.1 Å². The van der Waals surface area contributed by atoms with Gasteiger partial charge in [-0.1, -0.05) is 6.08 Å². The Kier molecular flexibility index (Phi) is 4.67. The Labute approximate surface area is 130 Å². The molecule has 0 saturated carbocycles. The summed E-state index contributed by atoms with van der Waals surface area (Å²) in [5, 5.41) is 8.00. The molecule has 0 saturated heterocycles. The minimum atomic E-state index is -3.92. The van der Waals surface area contributed by atoms with Crippen LogP contribution < -0.4 is 4.72 Å². The van der Waals surface area contributed by atoms with Gasteiger partial charge in [0.1, 0.15) is 11.1 Å². The number of nitrogens with one attached hydrogen (secondary N) is 1. The Morgan fingerprint density at radius 3 is 2.76 bits per heavy atom. The van der Waals surface area contributed by atoms with Gasteiger partial charge in [-0.15, -0.1) is 0 Å². The molecule has 0 aromatic heterocycles. The Balaban J connectivity index is 2.31. The van der Waals surface area contributed by atoms with Gasteiger partial charge < -0.3 is 5.11 Å². The fourth-order valence-corrected chi connectivity index (χ4v) is 4.41. The molecular formula is C13H13BrFNO4S. The summed E-state index contributed by atoms with van der Waals surface area (Å²) in [6, 6.07) is 3.54. The van der Waals surface area contributed by atoms with Crippen molar-refractivity contribution in [1.82, 2.24) is 0 Å². The Hall–Kier alpha value is -1.41. The highest BCUT2D eigenvalue weighted by atomic mass is 79.9. The predicted octanol–water partition coefficient (Wildman–Crippen LogP) is 2.89. The molecule has 0 spiro atoms. The van der Waals surface area contributed by atoms with Gasteiger partial charge in [-0.05, 0) is 53.4 Å². The van der Waals surface area contributed by atoms with E-state index in [9.17, 15) is 17.6 Å². The average molecular weight is 378 g/mol. The highest BCUT2D eigenvalue weighted by Crippen LogP contribution is 2.29. The highest BCUT2D eigenvalue weighted by molar-refractivity contribution is 9.10. The quantitative estimate of drug-likeness (QED) is 0.844. The molecule has 1 aliphatic rings. The number of halogens is 2. The van der Waals surface area contributed by atoms with Gasteiger partial charge in [0.2, 0.25) is 10.0 Å². The zero-order valence-electron chi connectivity index (χ0n) is 10.8. The van der Waals surface area contributed by atoms with Gasteiger partial charge in [-0.3, -0.25) is 4.72 Å². The van der Waals surface area contributed by atoms with Crippen molar-refractivity contribution >= 4 is 37.6 Å². The van der Waals surface area contributed by atoms with Gasteiger partial charge in [0, 0.05) is 4.47 Å². The summed E-state index contributed by atoms with van der Waals surface area (Å²) in [4.78, 5) is 11.2. The van der Waals surface area contributed by atoms with E-state index in [1.165, 1.54) is 12.1 Å². The highest BCUT2D eigenvalue weighted by Gasteiger charge is 2.34. The van der Waals surface area contributed by atoms with Crippen LogP contribution in [-0.2, 0) is 14.8 Å². The van der Waals surface area contributed by atoms with Crippen molar-refractivity contribution in [1.29, 1.82) is 0 Å². The van der Waals surface area contributed by atoms with Gasteiger partial charge in [0.05, 0.1) is 11.3 Å². The van der Waals surface area contributed by atoms with E-state index in [-0.39, 0.29) is 22.2 Å². The lowest BCUT2D eigenvalue weighted by molar-refractivity contribution is -0.132. The number of anilines is 1. The normalized spacial score (nSPS) is 19.0. The summed E-state index contributed by atoms with van der Waals surface area (Å²) >= 11 is 3.07. The molecule has 8 heteroatoms. The lowest BCUT2D eigenvalue weighted by Gasteiger charge is -2.22. The third kappa shape index (κ3) is 3.62. The fourth-order valence-electron chi connectivity index (χ4n) is 2.19. The van der Waals surface area contributed by atoms with E-state index >= 15 is 0 Å². The van der Waals surface area contributed by atoms with E-state index in [1.54, 1.807) is 0 Å². The summed E-state index contributed by atoms with van der Waals surface area (Å²) < 4.78 is 40.3. The maximum absolute atomic E-state index is 13.0. The van der Waals surface area contributed by atoms with Crippen LogP contribution in [0.4, 0.5) is 10.1 Å². The molecule has 2 rings (SSSR count). The van der Waals surface area contributed by atoms with Crippen LogP contribution in [0, 0.1) is 5.82 Å². The average Bonchev–Trinajstić information content (AvgIpc) is 2.42. The van der Waals surface area contributed by atoms with Crippen molar-refractivity contribution in [2.75, 3.05) is 4.72 Å². The second-order valence-electron chi connectivity index (χ2n) is 4.66. The van der Waals surface area contributed by atoms with Crippen molar-refractivity contribution < 1.29 is 22.7 Å². The van der Waals surface area contributed by atoms with Crippen LogP contribution in [0.3, 0.4) is 0 Å². The lowest BCUT2D eigenvalue weighted by atomic mass is 9.99. The number of hydrogen-bond donors (Lipinski definition) is 2. The van der Waals surface area contributed by atoms with Crippen molar-refractivity contribution in [3.8, 4) is 0 Å². The van der Waals surface area contributed by atoms with Crippen LogP contribution in [0.15, 0.2) is 34.3 Å². The van der Waals surface area contributed by atoms with E-state index in [4.69, 9.17) is 5.11 Å². The monoisotopic (exact) mass is 377 g/mol. The molecule has 2 N–H and O–H groups in total. The van der Waals surface area contributed by atoms with Crippen LogP contribution in [0.25, 0.3) is 0 Å². The van der Waals surface area contributed by atoms with E-state index in [2.05, 4.69) is 20.7 Å². The van der Waals surface area contributed by atoms with Crippen molar-refractivity contribution in [3.63, 3.8) is 0 Å². The molecule has 0 heterocycles. The summed E-state index contributed by atoms with van der Waals surface area (Å²) in [6.07, 6.45) is 2.84. The van der Waals surface area contributed by atoms with Gasteiger partial charge in [0.25, 0.3) is 0 Å². The molecule has 1 unspecified atom stereocenters. The largest absolute Gasteiger partial charge is 0.478 e. The fraction of sp³-hybridized carbons (Fsp3) is 0.308. The van der Waals surface area contributed by atoms with Crippen LogP contribution in [0.2, 0.25) is 0 Å². The number of hydrogen-bond acceptors (Lipinski definition) is 3. The van der Waals surface area contributed by atoms with Gasteiger partial charge in [-0.2, -0.15) is 0 Å². The first-order chi connectivity index (χ1) is 9.81. The van der Waals surface area contributed by atoms with Crippen molar-refractivity contribution in [2.24, 2.45) is 0 Å². The topological polar surface area (TPSA) is 83.5 Å². The summed E-state index contributed by atoms with van der Waals surface area (Å²) in [7, 11) is -3.92. The Bertz CT molecular complexity index is 702. The minimum Gasteiger partial charge on any atom is -0.478 e. The standard InChI is InChI=1S/C13H13BrFNO4S/c14-10-7-8(15)5-6-11(10)16-21(19,20)12-4-2-1-3-9(12)13(17)18/h3,5-7,12,16H,1-2,4H2,(H,17,18). The molecule has 1 aromatic rings. The van der Waals surface area contributed by atoms with Crippen molar-refractivity contribution in [3.05, 3.63) is 40.1 Å². The van der Waals surface area contributed by atoms with Gasteiger partial charge in [0.15, 0.2) is 0 Å². The first-order valence-electron chi connectivity index (χ1n) is 6.21. The van der Waals surface area contributed by atoms with Crippen LogP contribution >= 0.6 is 15.9 Å². The molecule has 1 aromatic carbocycles. The smallest absolute Gasteiger partial charge is 0.332 e. The number of sulfonamides is 1. The van der Waals surface area contributed by atoms with E-state index in [1.807, 2.05) is 0 Å². The number of aliphatic carboxylic acids is 1. The third-order valence-corrected chi connectivity index (χ3v) is 5.59. The Morgan fingerprint density at radius 2 is 2.14 bits per heavy atom. The van der Waals surface area contributed by atoms with Gasteiger partial charge in [-0.25, -0.2) is 17.6 Å². The second-order valence-corrected chi connectivity index (χ2v) is 7.37. The van der Waals surface area contributed by atoms with Crippen LogP contribution in [0.1, 0.15) is 19.3 Å². The number of allylic oxidation sites excluding steroid dienone is 1. The molecular weight excluding hydrogens is 365 g/mol. The predicted molar refractivity (Wildman–Crippen MR) is 80.0 cm³/mol. The molecule has 0 bridgehead atoms. The number of rotatable bonds is 4. The molecule has 5 nitrogen and oxygen atoms in total. The number of carboxylic acids is 1. The summed E-state index contributed by atoms with van der Waals surface area (Å²) in [6.45, 7) is 0. The first kappa shape index (κ1) is 16.0. The molecule has 21 heavy (non-hydrogen) atoms. The van der Waals surface area contributed by atoms with Gasteiger partial charge >= 0.3 is 5.97 Å². The first-order valence-corrected chi connectivity index (χ1v) is 8.55. The molecule has 0 aliphatic heterocycles. The Morgan fingerprint density at radius 1 is 1.43 bits per heavy atom. The van der Waals surface area contributed by atoms with Crippen molar-refractivity contribution in [2.45, 2.75) is 24.5 Å². The number of carboxylic acid groups (broad SMARTS) is 1. The molecule has 114 valence electrons. The second kappa shape index (κ2) is 6.15. The summed E-state index contributed by atoms with van der Waals surface area (Å²) in [5.41, 5.74) is 0.0543. The minimum absolute atomic E-state index is 0.119. The molecule has 1 aliphatic carbocycles. The van der Waals surface area contributed by atoms with E-state index < -0.39 is 27.1 Å². The molecule has 1 atom stereocenters. The lowest BCUT2D eigenvalue weighted by Crippen LogP contribution is -2.34. The van der Waals surface area contributed by atoms with Crippen LogP contribution in [0.5, 0.6) is 0 Å². The zero-order valence-corrected chi connectivity index (χ0v) is 13.2. The van der Waals surface area contributed by atoms with Crippen LogP contribution in [-0.4, -0.2) is 24.7 Å². The summed E-state index contributed by atoms with van der Waals surface area (Å²) in [5.74, 6) is -1.74. The number of carbonyl (C=O) groups is 1. The molecule has 0 radical (unpaired) electrons. The third-order valence-electron chi connectivity index (χ3n) is 3.19. The zero-order chi connectivity index (χ0) is 15.6. The molecule has 0 fully saturated rings. The number of benzene rings is 1. The maximum Gasteiger partial charge on any atom is 0.332 e. The van der Waals surface area contributed by atoms with E-state index in [0.29, 0.717) is 12.8 Å².